The highest BCUT2D eigenvalue weighted by atomic mass is 15.1. The number of nitrogens with zero attached hydrogens (tertiary/aromatic N) is 2. The summed E-state index contributed by atoms with van der Waals surface area (Å²) in [4.78, 5) is 4.66. The van der Waals surface area contributed by atoms with E-state index in [1.54, 1.807) is 0 Å². The van der Waals surface area contributed by atoms with E-state index in [2.05, 4.69) is 54.2 Å². The van der Waals surface area contributed by atoms with E-state index in [-0.39, 0.29) is 0 Å². The summed E-state index contributed by atoms with van der Waals surface area (Å²) in [7, 11) is 4.24. The number of para-hydroxylation sites is 1. The second-order valence-electron chi connectivity index (χ2n) is 4.62. The fourth-order valence-corrected chi connectivity index (χ4v) is 1.87. The molecule has 0 saturated carbocycles. The zero-order valence-electron chi connectivity index (χ0n) is 11.1. The van der Waals surface area contributed by atoms with Gasteiger partial charge in [-0.15, -0.1) is 0 Å². The number of nitrogens with two attached hydrogens (primary N) is 1. The lowest BCUT2D eigenvalue weighted by atomic mass is 10.2. The van der Waals surface area contributed by atoms with Crippen LogP contribution in [0.4, 0.5) is 5.69 Å². The average molecular weight is 235 g/mol. The lowest BCUT2D eigenvalue weighted by molar-refractivity contribution is 0.400. The molecule has 96 valence electrons. The van der Waals surface area contributed by atoms with Crippen molar-refractivity contribution in [1.29, 1.82) is 0 Å². The fourth-order valence-electron chi connectivity index (χ4n) is 1.87. The molecule has 2 N–H and O–H groups in total. The van der Waals surface area contributed by atoms with Crippen molar-refractivity contribution >= 4 is 5.69 Å². The SMILES string of the molecule is CN(C)CCCN(CCCN)c1ccccc1. The van der Waals surface area contributed by atoms with Crippen LogP contribution < -0.4 is 10.6 Å². The van der Waals surface area contributed by atoms with E-state index in [1.807, 2.05) is 0 Å². The standard InChI is InChI=1S/C14H25N3/c1-16(2)11-7-13-17(12-6-10-15)14-8-4-3-5-9-14/h3-5,8-9H,6-7,10-13,15H2,1-2H3. The third kappa shape index (κ3) is 5.71. The first-order chi connectivity index (χ1) is 8.24. The Balaban J connectivity index is 2.48. The topological polar surface area (TPSA) is 32.5 Å². The minimum Gasteiger partial charge on any atom is -0.371 e. The highest BCUT2D eigenvalue weighted by Gasteiger charge is 2.05. The molecule has 0 unspecified atom stereocenters. The minimum absolute atomic E-state index is 0.761. The van der Waals surface area contributed by atoms with E-state index in [1.165, 1.54) is 12.1 Å². The van der Waals surface area contributed by atoms with Crippen LogP contribution in [-0.2, 0) is 0 Å². The maximum absolute atomic E-state index is 5.60. The Morgan fingerprint density at radius 1 is 0.941 bits per heavy atom. The molecule has 0 saturated heterocycles. The quantitative estimate of drug-likeness (QED) is 0.745. The molecule has 17 heavy (non-hydrogen) atoms. The molecule has 0 atom stereocenters. The van der Waals surface area contributed by atoms with E-state index in [4.69, 9.17) is 5.73 Å². The molecule has 0 aliphatic carbocycles. The Kier molecular flexibility index (Phi) is 6.67. The van der Waals surface area contributed by atoms with Crippen LogP contribution in [0.1, 0.15) is 12.8 Å². The van der Waals surface area contributed by atoms with Gasteiger partial charge in [0.05, 0.1) is 0 Å². The normalized spacial score (nSPS) is 10.8. The summed E-state index contributed by atoms with van der Waals surface area (Å²) in [5.41, 5.74) is 6.90. The average Bonchev–Trinajstić information content (AvgIpc) is 2.34. The first-order valence-corrected chi connectivity index (χ1v) is 6.39. The molecule has 1 rings (SSSR count). The van der Waals surface area contributed by atoms with Gasteiger partial charge in [0.2, 0.25) is 0 Å². The summed E-state index contributed by atoms with van der Waals surface area (Å²) in [6.45, 7) is 4.04. The maximum Gasteiger partial charge on any atom is 0.0366 e. The zero-order chi connectivity index (χ0) is 12.5. The monoisotopic (exact) mass is 235 g/mol. The van der Waals surface area contributed by atoms with Crippen LogP contribution in [0, 0.1) is 0 Å². The smallest absolute Gasteiger partial charge is 0.0366 e. The predicted molar refractivity (Wildman–Crippen MR) is 75.5 cm³/mol. The molecule has 0 aliphatic rings. The summed E-state index contributed by atoms with van der Waals surface area (Å²) in [5.74, 6) is 0. The first-order valence-electron chi connectivity index (χ1n) is 6.39. The van der Waals surface area contributed by atoms with Crippen LogP contribution in [0.25, 0.3) is 0 Å². The molecule has 3 nitrogen and oxygen atoms in total. The Hall–Kier alpha value is -1.06. The Bertz CT molecular complexity index is 285. The summed E-state index contributed by atoms with van der Waals surface area (Å²) < 4.78 is 0. The maximum atomic E-state index is 5.60. The highest BCUT2D eigenvalue weighted by molar-refractivity contribution is 5.45. The fraction of sp³-hybridized carbons (Fsp3) is 0.571. The van der Waals surface area contributed by atoms with Gasteiger partial charge in [-0.25, -0.2) is 0 Å². The lowest BCUT2D eigenvalue weighted by Gasteiger charge is -2.25. The molecule has 0 aliphatic heterocycles. The minimum atomic E-state index is 0.761. The molecule has 0 spiro atoms. The van der Waals surface area contributed by atoms with Gasteiger partial charge in [-0.2, -0.15) is 0 Å². The van der Waals surface area contributed by atoms with Crippen LogP contribution in [0.15, 0.2) is 30.3 Å². The molecule has 1 aromatic rings. The van der Waals surface area contributed by atoms with Crippen LogP contribution >= 0.6 is 0 Å². The van der Waals surface area contributed by atoms with Crippen molar-refractivity contribution in [2.24, 2.45) is 5.73 Å². The van der Waals surface area contributed by atoms with Gasteiger partial charge in [-0.3, -0.25) is 0 Å². The van der Waals surface area contributed by atoms with Gasteiger partial charge in [-0.1, -0.05) is 18.2 Å². The predicted octanol–water partition coefficient (Wildman–Crippen LogP) is 1.79. The molecule has 0 amide bonds. The molecule has 3 heteroatoms. The number of benzene rings is 1. The van der Waals surface area contributed by atoms with Gasteiger partial charge < -0.3 is 15.5 Å². The molecular weight excluding hydrogens is 210 g/mol. The van der Waals surface area contributed by atoms with Crippen molar-refractivity contribution in [3.05, 3.63) is 30.3 Å². The van der Waals surface area contributed by atoms with Crippen molar-refractivity contribution < 1.29 is 0 Å². The number of hydrogen-bond donors (Lipinski definition) is 1. The van der Waals surface area contributed by atoms with Crippen molar-refractivity contribution in [3.8, 4) is 0 Å². The Morgan fingerprint density at radius 2 is 1.59 bits per heavy atom. The van der Waals surface area contributed by atoms with Crippen molar-refractivity contribution in [1.82, 2.24) is 4.90 Å². The second-order valence-corrected chi connectivity index (χ2v) is 4.62. The molecule has 0 aromatic heterocycles. The van der Waals surface area contributed by atoms with Gasteiger partial charge >= 0.3 is 0 Å². The summed E-state index contributed by atoms with van der Waals surface area (Å²) >= 11 is 0. The van der Waals surface area contributed by atoms with Gasteiger partial charge in [0.1, 0.15) is 0 Å². The van der Waals surface area contributed by atoms with E-state index >= 15 is 0 Å². The van der Waals surface area contributed by atoms with E-state index < -0.39 is 0 Å². The zero-order valence-corrected chi connectivity index (χ0v) is 11.1. The van der Waals surface area contributed by atoms with Gasteiger partial charge in [0.15, 0.2) is 0 Å². The van der Waals surface area contributed by atoms with E-state index in [0.29, 0.717) is 0 Å². The molecule has 0 fully saturated rings. The van der Waals surface area contributed by atoms with Crippen molar-refractivity contribution in [2.45, 2.75) is 12.8 Å². The van der Waals surface area contributed by atoms with Crippen molar-refractivity contribution in [2.75, 3.05) is 45.2 Å². The molecule has 1 aromatic carbocycles. The third-order valence-corrected chi connectivity index (χ3v) is 2.79. The molecule has 0 radical (unpaired) electrons. The van der Waals surface area contributed by atoms with Gasteiger partial charge in [0.25, 0.3) is 0 Å². The largest absolute Gasteiger partial charge is 0.371 e. The molecule has 0 bridgehead atoms. The Labute approximate surface area is 105 Å². The van der Waals surface area contributed by atoms with Gasteiger partial charge in [-0.05, 0) is 52.2 Å². The number of rotatable bonds is 8. The van der Waals surface area contributed by atoms with Crippen LogP contribution in [0.5, 0.6) is 0 Å². The number of anilines is 1. The summed E-state index contributed by atoms with van der Waals surface area (Å²) in [5, 5.41) is 0. The lowest BCUT2D eigenvalue weighted by Crippen LogP contribution is -2.29. The Morgan fingerprint density at radius 3 is 2.18 bits per heavy atom. The third-order valence-electron chi connectivity index (χ3n) is 2.79. The molecular formula is C14H25N3. The summed E-state index contributed by atoms with van der Waals surface area (Å²) in [6.07, 6.45) is 2.24. The van der Waals surface area contributed by atoms with E-state index in [9.17, 15) is 0 Å². The highest BCUT2D eigenvalue weighted by Crippen LogP contribution is 2.13. The van der Waals surface area contributed by atoms with E-state index in [0.717, 1.165) is 32.6 Å². The van der Waals surface area contributed by atoms with Gasteiger partial charge in [0, 0.05) is 18.8 Å². The molecule has 0 heterocycles. The van der Waals surface area contributed by atoms with Crippen LogP contribution in [0.3, 0.4) is 0 Å². The summed E-state index contributed by atoms with van der Waals surface area (Å²) in [6, 6.07) is 10.6. The second kappa shape index (κ2) is 8.09. The van der Waals surface area contributed by atoms with Crippen LogP contribution in [0.2, 0.25) is 0 Å². The number of hydrogen-bond acceptors (Lipinski definition) is 3. The van der Waals surface area contributed by atoms with Crippen LogP contribution in [-0.4, -0.2) is 45.2 Å². The van der Waals surface area contributed by atoms with Crippen molar-refractivity contribution in [3.63, 3.8) is 0 Å². The first kappa shape index (κ1) is 14.0.